The zero-order valence-corrected chi connectivity index (χ0v) is 17.0. The van der Waals surface area contributed by atoms with Crippen molar-refractivity contribution in [3.63, 3.8) is 0 Å². The van der Waals surface area contributed by atoms with Crippen molar-refractivity contribution in [1.82, 2.24) is 0 Å². The number of hydrogen-bond donors (Lipinski definition) is 1. The van der Waals surface area contributed by atoms with Crippen LogP contribution in [0.15, 0.2) is 78.9 Å². The Morgan fingerprint density at radius 3 is 2.10 bits per heavy atom. The van der Waals surface area contributed by atoms with E-state index < -0.39 is 12.1 Å². The molecule has 0 saturated heterocycles. The second-order valence-corrected chi connectivity index (χ2v) is 7.92. The second-order valence-electron chi connectivity index (χ2n) is 7.92. The van der Waals surface area contributed by atoms with Crippen LogP contribution in [0.1, 0.15) is 31.9 Å². The van der Waals surface area contributed by atoms with Gasteiger partial charge < -0.3 is 14.6 Å². The number of para-hydroxylation sites is 3. The average Bonchev–Trinajstić information content (AvgIpc) is 2.69. The third-order valence-electron chi connectivity index (χ3n) is 4.59. The van der Waals surface area contributed by atoms with Gasteiger partial charge in [-0.1, -0.05) is 75.4 Å². The number of rotatable bonds is 7. The molecule has 3 aromatic rings. The van der Waals surface area contributed by atoms with Crippen molar-refractivity contribution in [2.75, 3.05) is 0 Å². The van der Waals surface area contributed by atoms with E-state index in [1.165, 1.54) is 0 Å². The lowest BCUT2D eigenvalue weighted by atomic mass is 9.86. The van der Waals surface area contributed by atoms with Crippen LogP contribution in [0.2, 0.25) is 0 Å². The van der Waals surface area contributed by atoms with Crippen LogP contribution in [-0.2, 0) is 16.6 Å². The fourth-order valence-corrected chi connectivity index (χ4v) is 3.11. The Morgan fingerprint density at radius 2 is 1.45 bits per heavy atom. The lowest BCUT2D eigenvalue weighted by Gasteiger charge is -2.25. The van der Waals surface area contributed by atoms with Crippen molar-refractivity contribution in [2.45, 2.75) is 38.7 Å². The molecule has 0 aliphatic rings. The van der Waals surface area contributed by atoms with Gasteiger partial charge in [-0.15, -0.1) is 0 Å². The highest BCUT2D eigenvalue weighted by Crippen LogP contribution is 2.33. The molecule has 0 aromatic heterocycles. The molecule has 150 valence electrons. The minimum absolute atomic E-state index is 0.159. The predicted octanol–water partition coefficient (Wildman–Crippen LogP) is 5.85. The van der Waals surface area contributed by atoms with Gasteiger partial charge in [0.2, 0.25) is 0 Å². The molecule has 0 aliphatic heterocycles. The molecule has 3 rings (SSSR count). The molecule has 0 fully saturated rings. The van der Waals surface area contributed by atoms with Gasteiger partial charge in [-0.2, -0.15) is 0 Å². The molecule has 0 unspecified atom stereocenters. The normalized spacial score (nSPS) is 12.2. The molecular formula is C25H26O4. The average molecular weight is 390 g/mol. The van der Waals surface area contributed by atoms with Gasteiger partial charge in [0, 0.05) is 6.42 Å². The number of benzene rings is 3. The lowest BCUT2D eigenvalue weighted by Crippen LogP contribution is -2.30. The van der Waals surface area contributed by atoms with Crippen molar-refractivity contribution in [3.05, 3.63) is 90.0 Å². The third-order valence-corrected chi connectivity index (χ3v) is 4.59. The van der Waals surface area contributed by atoms with E-state index in [-0.39, 0.29) is 11.8 Å². The minimum Gasteiger partial charge on any atom is -0.478 e. The maximum Gasteiger partial charge on any atom is 0.345 e. The number of hydrogen-bond acceptors (Lipinski definition) is 3. The van der Waals surface area contributed by atoms with Crippen molar-refractivity contribution in [2.24, 2.45) is 0 Å². The Morgan fingerprint density at radius 1 is 0.862 bits per heavy atom. The molecule has 4 heteroatoms. The van der Waals surface area contributed by atoms with E-state index in [0.717, 1.165) is 11.1 Å². The fraction of sp³-hybridized carbons (Fsp3) is 0.240. The Kier molecular flexibility index (Phi) is 6.23. The Hall–Kier alpha value is -3.27. The smallest absolute Gasteiger partial charge is 0.345 e. The highest BCUT2D eigenvalue weighted by molar-refractivity contribution is 5.73. The summed E-state index contributed by atoms with van der Waals surface area (Å²) in [6, 6.07) is 24.5. The minimum atomic E-state index is -1.03. The van der Waals surface area contributed by atoms with Crippen molar-refractivity contribution in [1.29, 1.82) is 0 Å². The highest BCUT2D eigenvalue weighted by atomic mass is 16.5. The van der Waals surface area contributed by atoms with Crippen LogP contribution in [0.5, 0.6) is 17.2 Å². The molecule has 0 bridgehead atoms. The molecular weight excluding hydrogens is 364 g/mol. The Balaban J connectivity index is 1.85. The summed E-state index contributed by atoms with van der Waals surface area (Å²) in [5.74, 6) is 0.903. The molecule has 1 atom stereocenters. The van der Waals surface area contributed by atoms with E-state index in [9.17, 15) is 9.90 Å². The van der Waals surface area contributed by atoms with Crippen LogP contribution in [0.4, 0.5) is 0 Å². The van der Waals surface area contributed by atoms with Crippen molar-refractivity contribution < 1.29 is 19.4 Å². The van der Waals surface area contributed by atoms with E-state index >= 15 is 0 Å². The van der Waals surface area contributed by atoms with Crippen molar-refractivity contribution >= 4 is 5.97 Å². The van der Waals surface area contributed by atoms with E-state index in [1.807, 2.05) is 78.9 Å². The van der Waals surface area contributed by atoms with Gasteiger partial charge in [0.05, 0.1) is 0 Å². The zero-order valence-electron chi connectivity index (χ0n) is 17.0. The monoisotopic (exact) mass is 390 g/mol. The summed E-state index contributed by atoms with van der Waals surface area (Å²) >= 11 is 0. The van der Waals surface area contributed by atoms with Gasteiger partial charge >= 0.3 is 5.97 Å². The summed E-state index contributed by atoms with van der Waals surface area (Å²) in [4.78, 5) is 12.0. The largest absolute Gasteiger partial charge is 0.478 e. The second kappa shape index (κ2) is 8.82. The molecule has 0 radical (unpaired) electrons. The Labute approximate surface area is 171 Å². The number of carboxylic acids is 1. The van der Waals surface area contributed by atoms with Crippen LogP contribution in [0.25, 0.3) is 0 Å². The van der Waals surface area contributed by atoms with Crippen LogP contribution in [0.3, 0.4) is 0 Å². The molecule has 0 saturated carbocycles. The molecule has 0 spiro atoms. The van der Waals surface area contributed by atoms with Gasteiger partial charge in [-0.05, 0) is 40.8 Å². The molecule has 0 heterocycles. The fourth-order valence-electron chi connectivity index (χ4n) is 3.11. The quantitative estimate of drug-likeness (QED) is 0.550. The van der Waals surface area contributed by atoms with E-state index in [2.05, 4.69) is 20.8 Å². The summed E-state index contributed by atoms with van der Waals surface area (Å²) in [7, 11) is 0. The van der Waals surface area contributed by atoms with Crippen LogP contribution in [0, 0.1) is 0 Å². The SMILES string of the molecule is CC(C)(C)c1ccccc1O[C@@H](Cc1ccccc1Oc1ccccc1)C(=O)O. The molecule has 0 aliphatic carbocycles. The molecule has 1 N–H and O–H groups in total. The Bertz CT molecular complexity index is 958. The molecule has 4 nitrogen and oxygen atoms in total. The van der Waals surface area contributed by atoms with Crippen molar-refractivity contribution in [3.8, 4) is 17.2 Å². The number of carboxylic acid groups (broad SMARTS) is 1. The summed E-state index contributed by atoms with van der Waals surface area (Å²) in [6.07, 6.45) is -0.837. The summed E-state index contributed by atoms with van der Waals surface area (Å²) in [5.41, 5.74) is 1.59. The van der Waals surface area contributed by atoms with E-state index in [1.54, 1.807) is 0 Å². The number of aliphatic carboxylic acids is 1. The first-order valence-electron chi connectivity index (χ1n) is 9.64. The van der Waals surface area contributed by atoms with Gasteiger partial charge in [0.15, 0.2) is 6.10 Å². The first-order chi connectivity index (χ1) is 13.8. The van der Waals surface area contributed by atoms with E-state index in [0.29, 0.717) is 17.2 Å². The number of carbonyl (C=O) groups is 1. The van der Waals surface area contributed by atoms with Gasteiger partial charge in [-0.25, -0.2) is 4.79 Å². The maximum atomic E-state index is 12.0. The van der Waals surface area contributed by atoms with Gasteiger partial charge in [-0.3, -0.25) is 0 Å². The first-order valence-corrected chi connectivity index (χ1v) is 9.64. The number of ether oxygens (including phenoxy) is 2. The molecule has 3 aromatic carbocycles. The van der Waals surface area contributed by atoms with Crippen LogP contribution in [-0.4, -0.2) is 17.2 Å². The first kappa shape index (κ1) is 20.5. The molecule has 0 amide bonds. The van der Waals surface area contributed by atoms with Gasteiger partial charge in [0.25, 0.3) is 0 Å². The highest BCUT2D eigenvalue weighted by Gasteiger charge is 2.25. The third kappa shape index (κ3) is 5.38. The topological polar surface area (TPSA) is 55.8 Å². The standard InChI is InChI=1S/C25H26O4/c1-25(2,3)20-14-8-10-16-22(20)29-23(24(26)27)17-18-11-7-9-15-21(18)28-19-12-5-4-6-13-19/h4-16,23H,17H2,1-3H3,(H,26,27)/t23-/m0/s1. The molecule has 29 heavy (non-hydrogen) atoms. The summed E-state index contributed by atoms with van der Waals surface area (Å²) < 4.78 is 12.0. The lowest BCUT2D eigenvalue weighted by molar-refractivity contribution is -0.145. The van der Waals surface area contributed by atoms with E-state index in [4.69, 9.17) is 9.47 Å². The predicted molar refractivity (Wildman–Crippen MR) is 114 cm³/mol. The van der Waals surface area contributed by atoms with Crippen LogP contribution < -0.4 is 9.47 Å². The summed E-state index contributed by atoms with van der Waals surface area (Å²) in [5, 5.41) is 9.80. The summed E-state index contributed by atoms with van der Waals surface area (Å²) in [6.45, 7) is 6.23. The zero-order chi connectivity index (χ0) is 20.9. The maximum absolute atomic E-state index is 12.0. The van der Waals surface area contributed by atoms with Crippen LogP contribution >= 0.6 is 0 Å². The van der Waals surface area contributed by atoms with Gasteiger partial charge in [0.1, 0.15) is 17.2 Å².